The van der Waals surface area contributed by atoms with Gasteiger partial charge in [-0.15, -0.1) is 0 Å². The number of rotatable bonds is 2. The molecule has 0 atom stereocenters. The zero-order valence-electron chi connectivity index (χ0n) is 10.8. The molecule has 114 valence electrons. The lowest BCUT2D eigenvalue weighted by Crippen LogP contribution is -2.23. The molecule has 2 aromatic rings. The van der Waals surface area contributed by atoms with Gasteiger partial charge in [0.05, 0.1) is 23.7 Å². The maximum Gasteiger partial charge on any atom is 0.417 e. The van der Waals surface area contributed by atoms with Crippen molar-refractivity contribution in [1.29, 1.82) is 5.26 Å². The van der Waals surface area contributed by atoms with Crippen molar-refractivity contribution in [2.45, 2.75) is 12.7 Å². The molecule has 0 aliphatic rings. The summed E-state index contributed by atoms with van der Waals surface area (Å²) in [6, 6.07) is 5.69. The fourth-order valence-electron chi connectivity index (χ4n) is 1.82. The van der Waals surface area contributed by atoms with Crippen LogP contribution in [0.15, 0.2) is 35.3 Å². The van der Waals surface area contributed by atoms with E-state index in [0.29, 0.717) is 16.8 Å². The summed E-state index contributed by atoms with van der Waals surface area (Å²) in [5.74, 6) is -0.737. The van der Waals surface area contributed by atoms with E-state index in [1.54, 1.807) is 6.07 Å². The van der Waals surface area contributed by atoms with E-state index in [1.165, 1.54) is 6.07 Å². The van der Waals surface area contributed by atoms with Crippen LogP contribution in [-0.4, -0.2) is 4.57 Å². The summed E-state index contributed by atoms with van der Waals surface area (Å²) in [6.07, 6.45) is -4.13. The first-order valence-electron chi connectivity index (χ1n) is 5.88. The molecule has 8 heteroatoms. The number of hydrogen-bond donors (Lipinski definition) is 0. The summed E-state index contributed by atoms with van der Waals surface area (Å²) in [7, 11) is 0. The van der Waals surface area contributed by atoms with E-state index >= 15 is 0 Å². The Morgan fingerprint density at radius 2 is 1.95 bits per heavy atom. The summed E-state index contributed by atoms with van der Waals surface area (Å²) < 4.78 is 52.5. The van der Waals surface area contributed by atoms with Crippen LogP contribution >= 0.6 is 11.6 Å². The molecular formula is C14H7ClF4N2O. The molecule has 0 fully saturated rings. The van der Waals surface area contributed by atoms with Gasteiger partial charge in [-0.25, -0.2) is 4.39 Å². The average molecular weight is 331 g/mol. The Morgan fingerprint density at radius 1 is 1.27 bits per heavy atom. The van der Waals surface area contributed by atoms with Crippen molar-refractivity contribution >= 4 is 11.6 Å². The molecule has 0 aliphatic carbocycles. The molecule has 0 spiro atoms. The van der Waals surface area contributed by atoms with E-state index in [4.69, 9.17) is 16.9 Å². The molecule has 0 aliphatic heterocycles. The van der Waals surface area contributed by atoms with Crippen molar-refractivity contribution in [1.82, 2.24) is 4.57 Å². The van der Waals surface area contributed by atoms with Crippen LogP contribution in [0.1, 0.15) is 16.7 Å². The highest BCUT2D eigenvalue weighted by atomic mass is 35.5. The van der Waals surface area contributed by atoms with Gasteiger partial charge in [0.15, 0.2) is 0 Å². The SMILES string of the molecule is N#Cc1ccc(F)c(Cn2cc(C(F)(F)F)cc(Cl)c2=O)c1. The first kappa shape index (κ1) is 16.0. The molecular weight excluding hydrogens is 324 g/mol. The third-order valence-electron chi connectivity index (χ3n) is 2.89. The van der Waals surface area contributed by atoms with E-state index in [-0.39, 0.29) is 11.1 Å². The number of hydrogen-bond acceptors (Lipinski definition) is 2. The summed E-state index contributed by atoms with van der Waals surface area (Å²) in [6.45, 7) is -0.468. The molecule has 0 saturated carbocycles. The minimum atomic E-state index is -4.69. The predicted molar refractivity (Wildman–Crippen MR) is 70.9 cm³/mol. The normalized spacial score (nSPS) is 11.3. The fourth-order valence-corrected chi connectivity index (χ4v) is 2.05. The van der Waals surface area contributed by atoms with Gasteiger partial charge >= 0.3 is 6.18 Å². The second-order valence-corrected chi connectivity index (χ2v) is 4.83. The largest absolute Gasteiger partial charge is 0.417 e. The van der Waals surface area contributed by atoms with Crippen LogP contribution in [0.3, 0.4) is 0 Å². The first-order chi connectivity index (χ1) is 10.2. The Balaban J connectivity index is 2.53. The van der Waals surface area contributed by atoms with E-state index in [2.05, 4.69) is 0 Å². The molecule has 0 amide bonds. The third-order valence-corrected chi connectivity index (χ3v) is 3.16. The molecule has 22 heavy (non-hydrogen) atoms. The zero-order valence-corrected chi connectivity index (χ0v) is 11.5. The second-order valence-electron chi connectivity index (χ2n) is 4.43. The number of pyridine rings is 1. The summed E-state index contributed by atoms with van der Waals surface area (Å²) in [5, 5.41) is 8.14. The molecule has 2 rings (SSSR count). The van der Waals surface area contributed by atoms with E-state index in [9.17, 15) is 22.4 Å². The number of nitriles is 1. The monoisotopic (exact) mass is 330 g/mol. The predicted octanol–water partition coefficient (Wildman–Crippen LogP) is 3.58. The molecule has 0 N–H and O–H groups in total. The van der Waals surface area contributed by atoms with Crippen LogP contribution in [0.5, 0.6) is 0 Å². The molecule has 1 heterocycles. The lowest BCUT2D eigenvalue weighted by Gasteiger charge is -2.12. The lowest BCUT2D eigenvalue weighted by atomic mass is 10.1. The first-order valence-corrected chi connectivity index (χ1v) is 6.26. The Bertz CT molecular complexity index is 821. The van der Waals surface area contributed by atoms with E-state index in [0.717, 1.165) is 12.1 Å². The Morgan fingerprint density at radius 3 is 2.55 bits per heavy atom. The van der Waals surface area contributed by atoms with Crippen LogP contribution < -0.4 is 5.56 Å². The van der Waals surface area contributed by atoms with Gasteiger partial charge in [0.1, 0.15) is 10.8 Å². The van der Waals surface area contributed by atoms with Crippen LogP contribution in [0, 0.1) is 17.1 Å². The molecule has 0 bridgehead atoms. The highest BCUT2D eigenvalue weighted by Crippen LogP contribution is 2.29. The van der Waals surface area contributed by atoms with Gasteiger partial charge in [0.25, 0.3) is 5.56 Å². The molecule has 0 unspecified atom stereocenters. The van der Waals surface area contributed by atoms with Crippen molar-refractivity contribution in [2.24, 2.45) is 0 Å². The number of nitrogens with zero attached hydrogens (tertiary/aromatic N) is 2. The van der Waals surface area contributed by atoms with E-state index < -0.39 is 34.7 Å². The topological polar surface area (TPSA) is 45.8 Å². The highest BCUT2D eigenvalue weighted by Gasteiger charge is 2.32. The molecule has 0 saturated heterocycles. The maximum atomic E-state index is 13.7. The molecule has 1 aromatic heterocycles. The van der Waals surface area contributed by atoms with Crippen molar-refractivity contribution in [2.75, 3.05) is 0 Å². The van der Waals surface area contributed by atoms with Gasteiger partial charge in [-0.3, -0.25) is 4.79 Å². The molecule has 1 aromatic carbocycles. The standard InChI is InChI=1S/C14H7ClF4N2O/c15-11-4-10(14(17,18)19)7-21(13(11)22)6-9-3-8(5-20)1-2-12(9)16/h1-4,7H,6H2. The Kier molecular flexibility index (Phi) is 4.24. The van der Waals surface area contributed by atoms with Gasteiger partial charge in [-0.2, -0.15) is 18.4 Å². The number of alkyl halides is 3. The number of aromatic nitrogens is 1. The Hall–Kier alpha value is -2.33. The van der Waals surface area contributed by atoms with Crippen LogP contribution in [0.2, 0.25) is 5.02 Å². The average Bonchev–Trinajstić information content (AvgIpc) is 2.44. The maximum absolute atomic E-state index is 13.7. The van der Waals surface area contributed by atoms with Crippen molar-refractivity contribution in [3.63, 3.8) is 0 Å². The van der Waals surface area contributed by atoms with Crippen molar-refractivity contribution in [3.8, 4) is 6.07 Å². The fraction of sp³-hybridized carbons (Fsp3) is 0.143. The van der Waals surface area contributed by atoms with Gasteiger partial charge in [-0.1, -0.05) is 11.6 Å². The highest BCUT2D eigenvalue weighted by molar-refractivity contribution is 6.30. The van der Waals surface area contributed by atoms with Crippen LogP contribution in [0.25, 0.3) is 0 Å². The second kappa shape index (κ2) is 5.81. The lowest BCUT2D eigenvalue weighted by molar-refractivity contribution is -0.138. The summed E-state index contributed by atoms with van der Waals surface area (Å²) >= 11 is 5.51. The van der Waals surface area contributed by atoms with Gasteiger partial charge < -0.3 is 4.57 Å². The Labute approximate surface area is 127 Å². The molecule has 0 radical (unpaired) electrons. The van der Waals surface area contributed by atoms with Crippen molar-refractivity contribution < 1.29 is 17.6 Å². The van der Waals surface area contributed by atoms with Gasteiger partial charge in [0.2, 0.25) is 0 Å². The van der Waals surface area contributed by atoms with Crippen LogP contribution in [-0.2, 0) is 12.7 Å². The quantitative estimate of drug-likeness (QED) is 0.790. The van der Waals surface area contributed by atoms with E-state index in [1.807, 2.05) is 0 Å². The number of halogens is 5. The summed E-state index contributed by atoms with van der Waals surface area (Å²) in [4.78, 5) is 11.8. The van der Waals surface area contributed by atoms with Crippen molar-refractivity contribution in [3.05, 3.63) is 68.3 Å². The summed E-state index contributed by atoms with van der Waals surface area (Å²) in [5.41, 5.74) is -1.95. The minimum absolute atomic E-state index is 0.0865. The van der Waals surface area contributed by atoms with Gasteiger partial charge in [-0.05, 0) is 24.3 Å². The van der Waals surface area contributed by atoms with Gasteiger partial charge in [0, 0.05) is 11.8 Å². The molecule has 3 nitrogen and oxygen atoms in total. The minimum Gasteiger partial charge on any atom is -0.309 e. The zero-order chi connectivity index (χ0) is 16.5. The van der Waals surface area contributed by atoms with Crippen LogP contribution in [0.4, 0.5) is 17.6 Å². The number of benzene rings is 1. The third kappa shape index (κ3) is 3.28. The smallest absolute Gasteiger partial charge is 0.309 e.